The third-order valence-corrected chi connectivity index (χ3v) is 7.91. The predicted molar refractivity (Wildman–Crippen MR) is 127 cm³/mol. The van der Waals surface area contributed by atoms with Crippen LogP contribution in [0.5, 0.6) is 0 Å². The number of hydrogen-bond acceptors (Lipinski definition) is 3. The summed E-state index contributed by atoms with van der Waals surface area (Å²) in [7, 11) is 0. The zero-order valence-electron chi connectivity index (χ0n) is 20.3. The minimum Gasteiger partial charge on any atom is -0.449 e. The first-order valence-electron chi connectivity index (χ1n) is 12.2. The van der Waals surface area contributed by atoms with Gasteiger partial charge in [-0.05, 0) is 101 Å². The van der Waals surface area contributed by atoms with Crippen LogP contribution in [-0.4, -0.2) is 29.4 Å². The van der Waals surface area contributed by atoms with Crippen molar-refractivity contribution in [2.75, 3.05) is 6.61 Å². The first kappa shape index (κ1) is 24.1. The van der Waals surface area contributed by atoms with Crippen LogP contribution >= 0.6 is 0 Å². The molecule has 3 aliphatic carbocycles. The normalized spacial score (nSPS) is 35.2. The molecule has 3 rings (SSSR count). The Bertz CT molecular complexity index is 744. The first-order valence-corrected chi connectivity index (χ1v) is 12.2. The van der Waals surface area contributed by atoms with Crippen LogP contribution in [0, 0.1) is 23.2 Å². The molecule has 0 heterocycles. The molecular weight excluding hydrogens is 386 g/mol. The summed E-state index contributed by atoms with van der Waals surface area (Å²) >= 11 is 0. The molecule has 2 N–H and O–H groups in total. The topological polar surface area (TPSA) is 58.6 Å². The molecule has 0 spiro atoms. The summed E-state index contributed by atoms with van der Waals surface area (Å²) in [6.45, 7) is 15.1. The van der Waals surface area contributed by atoms with E-state index in [1.807, 2.05) is 20.8 Å². The smallest absolute Gasteiger partial charge is 0.407 e. The average Bonchev–Trinajstić information content (AvgIpc) is 3.03. The summed E-state index contributed by atoms with van der Waals surface area (Å²) in [5.74, 6) is 1.56. The Balaban J connectivity index is 1.64. The van der Waals surface area contributed by atoms with Crippen LogP contribution in [-0.2, 0) is 4.74 Å². The van der Waals surface area contributed by atoms with E-state index in [-0.39, 0.29) is 23.2 Å². The lowest BCUT2D eigenvalue weighted by Crippen LogP contribution is -2.42. The van der Waals surface area contributed by atoms with Crippen molar-refractivity contribution in [2.45, 2.75) is 97.6 Å². The zero-order valence-corrected chi connectivity index (χ0v) is 20.3. The molecule has 0 bridgehead atoms. The Hall–Kier alpha value is -1.55. The Morgan fingerprint density at radius 3 is 2.71 bits per heavy atom. The summed E-state index contributed by atoms with van der Waals surface area (Å²) in [5.41, 5.74) is 3.92. The molecule has 0 aromatic heterocycles. The van der Waals surface area contributed by atoms with Crippen LogP contribution in [0.1, 0.15) is 86.0 Å². The Kier molecular flexibility index (Phi) is 7.40. The highest BCUT2D eigenvalue weighted by Gasteiger charge is 2.50. The van der Waals surface area contributed by atoms with Crippen molar-refractivity contribution in [1.29, 1.82) is 0 Å². The Morgan fingerprint density at radius 2 is 2.03 bits per heavy atom. The Morgan fingerprint density at radius 1 is 1.29 bits per heavy atom. The molecule has 0 radical (unpaired) electrons. The molecule has 0 saturated heterocycles. The van der Waals surface area contributed by atoms with E-state index in [9.17, 15) is 9.90 Å². The highest BCUT2D eigenvalue weighted by Crippen LogP contribution is 2.59. The lowest BCUT2D eigenvalue weighted by atomic mass is 9.61. The van der Waals surface area contributed by atoms with Gasteiger partial charge in [-0.1, -0.05) is 43.7 Å². The second-order valence-electron chi connectivity index (χ2n) is 11.5. The fourth-order valence-electron chi connectivity index (χ4n) is 6.24. The van der Waals surface area contributed by atoms with Gasteiger partial charge < -0.3 is 15.2 Å². The number of alkyl carbamates (subject to hydrolysis) is 1. The number of allylic oxidation sites excluding steroid dienone is 3. The van der Waals surface area contributed by atoms with E-state index >= 15 is 0 Å². The molecule has 0 aliphatic heterocycles. The zero-order chi connectivity index (χ0) is 22.8. The maximum atomic E-state index is 12.1. The maximum absolute atomic E-state index is 12.1. The van der Waals surface area contributed by atoms with Gasteiger partial charge in [0.1, 0.15) is 0 Å². The van der Waals surface area contributed by atoms with Gasteiger partial charge in [-0.15, -0.1) is 0 Å². The van der Waals surface area contributed by atoms with Crippen LogP contribution < -0.4 is 5.32 Å². The number of carbonyl (C=O) groups is 1. The number of carbonyl (C=O) groups excluding carboxylic acids is 1. The second-order valence-corrected chi connectivity index (χ2v) is 11.5. The van der Waals surface area contributed by atoms with E-state index in [4.69, 9.17) is 4.74 Å². The van der Waals surface area contributed by atoms with Crippen LogP contribution in [0.2, 0.25) is 0 Å². The maximum Gasteiger partial charge on any atom is 0.407 e. The number of ether oxygens (including phenoxy) is 1. The quantitative estimate of drug-likeness (QED) is 0.514. The van der Waals surface area contributed by atoms with E-state index in [0.717, 1.165) is 24.8 Å². The number of fused-ring (bicyclic) bond motifs is 1. The molecule has 4 nitrogen and oxygen atoms in total. The monoisotopic (exact) mass is 429 g/mol. The fourth-order valence-corrected chi connectivity index (χ4v) is 6.24. The van der Waals surface area contributed by atoms with Crippen molar-refractivity contribution in [3.8, 4) is 0 Å². The van der Waals surface area contributed by atoms with Crippen LogP contribution in [0.4, 0.5) is 4.79 Å². The van der Waals surface area contributed by atoms with Crippen molar-refractivity contribution in [2.24, 2.45) is 23.2 Å². The van der Waals surface area contributed by atoms with Crippen LogP contribution in [0.3, 0.4) is 0 Å². The predicted octanol–water partition coefficient (Wildman–Crippen LogP) is 6.32. The van der Waals surface area contributed by atoms with Gasteiger partial charge in [0.2, 0.25) is 0 Å². The number of rotatable bonds is 4. The molecule has 0 aromatic carbocycles. The summed E-state index contributed by atoms with van der Waals surface area (Å²) in [5, 5.41) is 13.0. The van der Waals surface area contributed by atoms with Gasteiger partial charge in [0.05, 0.1) is 12.7 Å². The van der Waals surface area contributed by atoms with Crippen molar-refractivity contribution >= 4 is 6.09 Å². The van der Waals surface area contributed by atoms with Crippen LogP contribution in [0.25, 0.3) is 0 Å². The van der Waals surface area contributed by atoms with Gasteiger partial charge in [-0.3, -0.25) is 0 Å². The summed E-state index contributed by atoms with van der Waals surface area (Å²) < 4.78 is 5.58. The largest absolute Gasteiger partial charge is 0.449 e. The number of amides is 1. The lowest BCUT2D eigenvalue weighted by molar-refractivity contribution is 0.0545. The van der Waals surface area contributed by atoms with Crippen molar-refractivity contribution in [3.05, 3.63) is 35.5 Å². The molecule has 3 aliphatic rings. The van der Waals surface area contributed by atoms with Gasteiger partial charge in [0.15, 0.2) is 0 Å². The minimum atomic E-state index is -0.373. The third-order valence-electron chi connectivity index (χ3n) is 7.91. The van der Waals surface area contributed by atoms with Gasteiger partial charge in [-0.2, -0.15) is 0 Å². The molecule has 4 unspecified atom stereocenters. The van der Waals surface area contributed by atoms with E-state index < -0.39 is 0 Å². The minimum absolute atomic E-state index is 0.274. The number of nitrogens with one attached hydrogen (secondary N) is 1. The number of aliphatic hydroxyl groups is 1. The van der Waals surface area contributed by atoms with Crippen LogP contribution in [0.15, 0.2) is 35.5 Å². The van der Waals surface area contributed by atoms with Gasteiger partial charge in [0.25, 0.3) is 0 Å². The molecule has 3 fully saturated rings. The SMILES string of the molecule is C=C1CC/C(=C/C=C2\CCCC3(C)C2CCC3[C@H](C)COC(=O)NC(C)(C)C)CC1O. The van der Waals surface area contributed by atoms with Crippen molar-refractivity contribution in [3.63, 3.8) is 0 Å². The molecule has 1 amide bonds. The molecule has 5 atom stereocenters. The molecule has 174 valence electrons. The Labute approximate surface area is 189 Å². The van der Waals surface area contributed by atoms with Gasteiger partial charge >= 0.3 is 6.09 Å². The van der Waals surface area contributed by atoms with Crippen molar-refractivity contribution < 1.29 is 14.6 Å². The molecule has 4 heteroatoms. The summed E-state index contributed by atoms with van der Waals surface area (Å²) in [6, 6.07) is 0. The fraction of sp³-hybridized carbons (Fsp3) is 0.741. The van der Waals surface area contributed by atoms with E-state index in [2.05, 4.69) is 37.9 Å². The molecular formula is C27H43NO3. The van der Waals surface area contributed by atoms with E-state index in [1.165, 1.54) is 37.7 Å². The highest BCUT2D eigenvalue weighted by atomic mass is 16.5. The summed E-state index contributed by atoms with van der Waals surface area (Å²) in [4.78, 5) is 12.1. The van der Waals surface area contributed by atoms with E-state index in [0.29, 0.717) is 24.4 Å². The highest BCUT2D eigenvalue weighted by molar-refractivity contribution is 5.68. The number of hydrogen-bond donors (Lipinski definition) is 2. The van der Waals surface area contributed by atoms with Gasteiger partial charge in [-0.25, -0.2) is 4.79 Å². The molecule has 0 aromatic rings. The first-order chi connectivity index (χ1) is 14.5. The standard InChI is InChI=1S/C27H43NO3/c1-18-9-10-20(16-24(18)29)11-12-21-8-7-15-27(6)22(13-14-23(21)27)19(2)17-31-25(30)28-26(3,4)5/h11-12,19,22-24,29H,1,7-10,13-17H2,2-6H3,(H,28,30)/b20-11-,21-12+/t19-,22?,23?,24?,27?/m1/s1. The molecule has 3 saturated carbocycles. The van der Waals surface area contributed by atoms with E-state index in [1.54, 1.807) is 5.57 Å². The molecule has 31 heavy (non-hydrogen) atoms. The third kappa shape index (κ3) is 5.83. The average molecular weight is 430 g/mol. The lowest BCUT2D eigenvalue weighted by Gasteiger charge is -2.44. The summed E-state index contributed by atoms with van der Waals surface area (Å²) in [6.07, 6.45) is 12.7. The number of aliphatic hydroxyl groups excluding tert-OH is 1. The van der Waals surface area contributed by atoms with Crippen molar-refractivity contribution in [1.82, 2.24) is 5.32 Å². The van der Waals surface area contributed by atoms with Gasteiger partial charge in [0, 0.05) is 5.54 Å². The second kappa shape index (κ2) is 9.52.